The van der Waals surface area contributed by atoms with Gasteiger partial charge in [-0.3, -0.25) is 4.79 Å². The van der Waals surface area contributed by atoms with Gasteiger partial charge in [0, 0.05) is 6.92 Å². The predicted octanol–water partition coefficient (Wildman–Crippen LogP) is -1.25. The van der Waals surface area contributed by atoms with E-state index in [0.717, 1.165) is 6.92 Å². The van der Waals surface area contributed by atoms with Gasteiger partial charge in [0.15, 0.2) is 0 Å². The van der Waals surface area contributed by atoms with E-state index in [0.29, 0.717) is 0 Å². The first kappa shape index (κ1) is 15.6. The Bertz CT molecular complexity index is 41.0. The Kier molecular flexibility index (Phi) is 25.4. The SMILES string of the molecule is CC(=O)O.[Ca+2].[H-].[H-].[SbH3]. The van der Waals surface area contributed by atoms with Crippen molar-refractivity contribution in [3.8, 4) is 0 Å². The molecule has 0 aromatic rings. The third-order valence-electron chi connectivity index (χ3n) is 0. The number of carbonyl (C=O) groups is 1. The number of hydrogen-bond donors (Lipinski definition) is 1. The summed E-state index contributed by atoms with van der Waals surface area (Å²) in [5, 5.41) is 7.42. The molecule has 0 aromatic carbocycles. The maximum atomic E-state index is 9.00. The zero-order valence-electron chi connectivity index (χ0n) is 5.77. The number of rotatable bonds is 0. The molecule has 0 heterocycles. The molecule has 0 aromatic heterocycles. The molecule has 0 aliphatic heterocycles. The van der Waals surface area contributed by atoms with E-state index >= 15 is 0 Å². The van der Waals surface area contributed by atoms with Gasteiger partial charge in [0.1, 0.15) is 0 Å². The molecule has 0 saturated carbocycles. The number of carboxylic acids is 1. The molecule has 0 saturated heterocycles. The summed E-state index contributed by atoms with van der Waals surface area (Å²) < 4.78 is 0. The fourth-order valence-corrected chi connectivity index (χ4v) is 0. The Morgan fingerprint density at radius 3 is 1.83 bits per heavy atom. The summed E-state index contributed by atoms with van der Waals surface area (Å²) >= 11 is 0. The van der Waals surface area contributed by atoms with E-state index in [-0.39, 0.29) is 65.0 Å². The topological polar surface area (TPSA) is 37.3 Å². The molecule has 0 spiro atoms. The van der Waals surface area contributed by atoms with Crippen LogP contribution in [0.2, 0.25) is 0 Å². The average molecular weight is 227 g/mol. The van der Waals surface area contributed by atoms with Crippen LogP contribution in [0, 0.1) is 0 Å². The fraction of sp³-hybridized carbons (Fsp3) is 0.500. The average Bonchev–Trinajstić information content (AvgIpc) is 0.811. The molecular weight excluding hydrogens is 218 g/mol. The number of carboxylic acid groups (broad SMARTS) is 1. The molecule has 0 atom stereocenters. The van der Waals surface area contributed by atoms with E-state index in [1.165, 1.54) is 0 Å². The van der Waals surface area contributed by atoms with Crippen LogP contribution in [0.15, 0.2) is 0 Å². The van der Waals surface area contributed by atoms with Crippen molar-refractivity contribution in [2.75, 3.05) is 0 Å². The van der Waals surface area contributed by atoms with E-state index in [4.69, 9.17) is 9.90 Å². The second-order valence-electron chi connectivity index (χ2n) is 0.519. The molecule has 2 nitrogen and oxygen atoms in total. The van der Waals surface area contributed by atoms with Crippen LogP contribution in [0.4, 0.5) is 0 Å². The molecule has 0 amide bonds. The van der Waals surface area contributed by atoms with Crippen LogP contribution in [-0.2, 0) is 4.79 Å². The molecule has 0 aliphatic rings. The third-order valence-corrected chi connectivity index (χ3v) is 0. The number of hydrogen-bond acceptors (Lipinski definition) is 1. The van der Waals surface area contributed by atoms with Gasteiger partial charge in [-0.15, -0.1) is 0 Å². The van der Waals surface area contributed by atoms with Crippen LogP contribution in [0.25, 0.3) is 0 Å². The Balaban J connectivity index is -0.00000000750. The second-order valence-corrected chi connectivity index (χ2v) is 0.519. The summed E-state index contributed by atoms with van der Waals surface area (Å²) in [6, 6.07) is 0. The molecule has 0 aliphatic carbocycles. The summed E-state index contributed by atoms with van der Waals surface area (Å²) in [6.45, 7) is 1.08. The minimum absolute atomic E-state index is 0. The van der Waals surface area contributed by atoms with Crippen LogP contribution in [0.1, 0.15) is 9.78 Å². The van der Waals surface area contributed by atoms with E-state index in [9.17, 15) is 0 Å². The number of aliphatic carboxylic acids is 1. The molecule has 0 bridgehead atoms. The zero-order chi connectivity index (χ0) is 3.58. The maximum absolute atomic E-state index is 9.00. The molecule has 0 rings (SSSR count). The van der Waals surface area contributed by atoms with Gasteiger partial charge in [0.25, 0.3) is 5.97 Å². The molecule has 0 radical (unpaired) electrons. The van der Waals surface area contributed by atoms with E-state index in [2.05, 4.69) is 0 Å². The van der Waals surface area contributed by atoms with Gasteiger partial charge < -0.3 is 7.96 Å². The Morgan fingerprint density at radius 1 is 1.83 bits per heavy atom. The normalized spacial score (nSPS) is 4.17. The first-order valence-corrected chi connectivity index (χ1v) is 0.928. The van der Waals surface area contributed by atoms with Crippen molar-refractivity contribution in [2.45, 2.75) is 6.92 Å². The van der Waals surface area contributed by atoms with Crippen LogP contribution in [0.5, 0.6) is 0 Å². The van der Waals surface area contributed by atoms with Crippen LogP contribution < -0.4 is 0 Å². The van der Waals surface area contributed by atoms with Gasteiger partial charge in [-0.1, -0.05) is 0 Å². The van der Waals surface area contributed by atoms with Gasteiger partial charge in [-0.2, -0.15) is 0 Å². The Hall–Kier alpha value is 1.55. The summed E-state index contributed by atoms with van der Waals surface area (Å²) in [4.78, 5) is 9.00. The van der Waals surface area contributed by atoms with Crippen molar-refractivity contribution in [3.63, 3.8) is 0 Å². The van der Waals surface area contributed by atoms with Crippen molar-refractivity contribution in [3.05, 3.63) is 0 Å². The molecule has 1 N–H and O–H groups in total. The van der Waals surface area contributed by atoms with E-state index in [1.807, 2.05) is 0 Å². The van der Waals surface area contributed by atoms with Crippen LogP contribution >= 0.6 is 0 Å². The third kappa shape index (κ3) is 47.9. The van der Waals surface area contributed by atoms with Crippen molar-refractivity contribution in [1.29, 1.82) is 0 Å². The Labute approximate surface area is 86.7 Å². The summed E-state index contributed by atoms with van der Waals surface area (Å²) in [7, 11) is 0. The molecule has 36 valence electrons. The van der Waals surface area contributed by atoms with Crippen molar-refractivity contribution in [1.82, 2.24) is 0 Å². The Morgan fingerprint density at radius 2 is 1.83 bits per heavy atom. The molecule has 6 heavy (non-hydrogen) atoms. The van der Waals surface area contributed by atoms with Gasteiger partial charge in [-0.05, 0) is 0 Å². The summed E-state index contributed by atoms with van der Waals surface area (Å²) in [5.41, 5.74) is 0. The monoisotopic (exact) mass is 226 g/mol. The zero-order valence-corrected chi connectivity index (χ0v) is 10.0. The van der Waals surface area contributed by atoms with E-state index < -0.39 is 5.97 Å². The van der Waals surface area contributed by atoms with Gasteiger partial charge in [0.2, 0.25) is 0 Å². The van der Waals surface area contributed by atoms with Crippen molar-refractivity contribution < 1.29 is 12.8 Å². The minimum atomic E-state index is -0.833. The molecule has 0 unspecified atom stereocenters. The fourth-order valence-electron chi connectivity index (χ4n) is 0. The van der Waals surface area contributed by atoms with Crippen LogP contribution in [0.3, 0.4) is 0 Å². The van der Waals surface area contributed by atoms with Gasteiger partial charge in [-0.25, -0.2) is 0 Å². The van der Waals surface area contributed by atoms with Crippen molar-refractivity contribution >= 4 is 68.1 Å². The summed E-state index contributed by atoms with van der Waals surface area (Å²) in [5.74, 6) is -0.833. The van der Waals surface area contributed by atoms with Crippen LogP contribution in [-0.4, -0.2) is 73.2 Å². The van der Waals surface area contributed by atoms with Gasteiger partial charge in [0.05, 0.1) is 0 Å². The molecular formula is C2H9CaO2Sb. The standard InChI is InChI=1S/C2H4O2.Ca.Sb.5H/c1-2(3)4;;;;;;;/h1H3,(H,3,4);;;;;;;/q;+2;;;;;2*-1. The quantitative estimate of drug-likeness (QED) is 0.525. The predicted molar refractivity (Wildman–Crippen MR) is 31.2 cm³/mol. The molecule has 0 fully saturated rings. The first-order chi connectivity index (χ1) is 1.73. The van der Waals surface area contributed by atoms with Crippen molar-refractivity contribution in [2.24, 2.45) is 0 Å². The van der Waals surface area contributed by atoms with E-state index in [1.54, 1.807) is 0 Å². The summed E-state index contributed by atoms with van der Waals surface area (Å²) in [6.07, 6.45) is 0. The second kappa shape index (κ2) is 9.74. The first-order valence-electron chi connectivity index (χ1n) is 0.928. The van der Waals surface area contributed by atoms with Gasteiger partial charge >= 0.3 is 62.2 Å². The molecule has 4 heteroatoms.